The van der Waals surface area contributed by atoms with E-state index in [1.165, 1.54) is 0 Å². The molecule has 0 aliphatic carbocycles. The molecule has 6 heteroatoms. The summed E-state index contributed by atoms with van der Waals surface area (Å²) in [4.78, 5) is 23.8. The Morgan fingerprint density at radius 2 is 2.24 bits per heavy atom. The van der Waals surface area contributed by atoms with E-state index in [9.17, 15) is 14.7 Å². The van der Waals surface area contributed by atoms with Crippen molar-refractivity contribution in [1.29, 1.82) is 0 Å². The Kier molecular flexibility index (Phi) is 4.18. The maximum absolute atomic E-state index is 12.3. The van der Waals surface area contributed by atoms with E-state index in [2.05, 4.69) is 10.6 Å². The number of fused-ring (bicyclic) bond motifs is 1. The smallest absolute Gasteiger partial charge is 0.265 e. The lowest BCUT2D eigenvalue weighted by Crippen LogP contribution is -2.41. The molecule has 1 aromatic rings. The van der Waals surface area contributed by atoms with Crippen molar-refractivity contribution in [2.45, 2.75) is 38.9 Å². The highest BCUT2D eigenvalue weighted by Crippen LogP contribution is 2.33. The Balaban J connectivity index is 2.19. The second-order valence-corrected chi connectivity index (χ2v) is 5.46. The third-order valence-electron chi connectivity index (χ3n) is 3.57. The zero-order chi connectivity index (χ0) is 15.6. The lowest BCUT2D eigenvalue weighted by molar-refractivity contribution is -0.122. The highest BCUT2D eigenvalue weighted by Gasteiger charge is 2.28. The van der Waals surface area contributed by atoms with Crippen LogP contribution in [0.2, 0.25) is 0 Å². The Morgan fingerprint density at radius 3 is 2.90 bits per heavy atom. The molecule has 1 aliphatic heterocycles. The van der Waals surface area contributed by atoms with Gasteiger partial charge in [0.1, 0.15) is 0 Å². The predicted octanol–water partition coefficient (Wildman–Crippen LogP) is 1.30. The fourth-order valence-corrected chi connectivity index (χ4v) is 1.90. The Hall–Kier alpha value is -2.08. The normalized spacial score (nSPS) is 19.8. The van der Waals surface area contributed by atoms with Crippen molar-refractivity contribution in [3.05, 3.63) is 23.8 Å². The summed E-state index contributed by atoms with van der Waals surface area (Å²) in [6.07, 6.45) is -0.116. The molecule has 0 saturated carbocycles. The van der Waals surface area contributed by atoms with Crippen molar-refractivity contribution in [1.82, 2.24) is 5.32 Å². The molecule has 21 heavy (non-hydrogen) atoms. The average molecular weight is 292 g/mol. The Bertz CT molecular complexity index is 569. The van der Waals surface area contributed by atoms with Gasteiger partial charge in [-0.2, -0.15) is 0 Å². The second-order valence-electron chi connectivity index (χ2n) is 5.46. The molecule has 1 heterocycles. The number of benzene rings is 1. The zero-order valence-corrected chi connectivity index (χ0v) is 12.4. The van der Waals surface area contributed by atoms with Crippen molar-refractivity contribution < 1.29 is 19.4 Å². The van der Waals surface area contributed by atoms with Gasteiger partial charge in [-0.1, -0.05) is 13.0 Å². The number of anilines is 1. The van der Waals surface area contributed by atoms with Crippen LogP contribution in [0, 0.1) is 0 Å². The van der Waals surface area contributed by atoms with Crippen LogP contribution in [0.25, 0.3) is 0 Å². The summed E-state index contributed by atoms with van der Waals surface area (Å²) in [7, 11) is 0. The number of carbonyl (C=O) groups is 2. The van der Waals surface area contributed by atoms with Gasteiger partial charge in [-0.3, -0.25) is 9.59 Å². The first-order valence-electron chi connectivity index (χ1n) is 6.95. The number of nitrogens with one attached hydrogen (secondary N) is 2. The van der Waals surface area contributed by atoms with Crippen molar-refractivity contribution >= 4 is 17.5 Å². The standard InChI is InChI=1S/C15H20N2O4/c1-4-15(3,20)8-16-14(19)10-6-5-7-11-12(10)21-9(2)13(18)17-11/h5-7,9,20H,4,8H2,1-3H3,(H,16,19)(H,17,18)/t9-,15-/m1/s1. The van der Waals surface area contributed by atoms with Gasteiger partial charge < -0.3 is 20.5 Å². The SMILES string of the molecule is CC[C@@](C)(O)CNC(=O)c1cccc2c1O[C@H](C)C(=O)N2. The van der Waals surface area contributed by atoms with E-state index in [0.29, 0.717) is 23.4 Å². The highest BCUT2D eigenvalue weighted by molar-refractivity contribution is 6.03. The fourth-order valence-electron chi connectivity index (χ4n) is 1.90. The minimum Gasteiger partial charge on any atom is -0.478 e. The number of amides is 2. The van der Waals surface area contributed by atoms with Crippen LogP contribution in [0.15, 0.2) is 18.2 Å². The van der Waals surface area contributed by atoms with E-state index in [-0.39, 0.29) is 18.4 Å². The van der Waals surface area contributed by atoms with Gasteiger partial charge in [0.15, 0.2) is 11.9 Å². The zero-order valence-electron chi connectivity index (χ0n) is 12.4. The third kappa shape index (κ3) is 3.33. The molecular weight excluding hydrogens is 272 g/mol. The lowest BCUT2D eigenvalue weighted by Gasteiger charge is -2.26. The van der Waals surface area contributed by atoms with E-state index in [1.807, 2.05) is 6.92 Å². The first-order valence-corrected chi connectivity index (χ1v) is 6.95. The van der Waals surface area contributed by atoms with Crippen molar-refractivity contribution in [2.75, 3.05) is 11.9 Å². The molecule has 2 amide bonds. The van der Waals surface area contributed by atoms with Crippen molar-refractivity contribution in [2.24, 2.45) is 0 Å². The lowest BCUT2D eigenvalue weighted by atomic mass is 10.0. The molecule has 0 radical (unpaired) electrons. The summed E-state index contributed by atoms with van der Waals surface area (Å²) in [6, 6.07) is 4.97. The molecule has 3 N–H and O–H groups in total. The number of hydrogen-bond acceptors (Lipinski definition) is 4. The molecule has 0 bridgehead atoms. The van der Waals surface area contributed by atoms with Gasteiger partial charge in [0.05, 0.1) is 16.9 Å². The number of para-hydroxylation sites is 1. The number of carbonyl (C=O) groups excluding carboxylic acids is 2. The molecule has 0 aromatic heterocycles. The summed E-state index contributed by atoms with van der Waals surface area (Å²) in [5.41, 5.74) is -0.133. The first kappa shape index (κ1) is 15.3. The molecule has 2 rings (SSSR count). The van der Waals surface area contributed by atoms with Crippen molar-refractivity contribution in [3.8, 4) is 5.75 Å². The van der Waals surface area contributed by atoms with E-state index in [0.717, 1.165) is 0 Å². The van der Waals surface area contributed by atoms with Crippen LogP contribution in [-0.4, -0.2) is 35.2 Å². The number of aliphatic hydroxyl groups is 1. The minimum atomic E-state index is -0.952. The van der Waals surface area contributed by atoms with Gasteiger partial charge in [-0.25, -0.2) is 0 Å². The first-order chi connectivity index (χ1) is 9.84. The molecule has 2 atom stereocenters. The molecule has 114 valence electrons. The van der Waals surface area contributed by atoms with Gasteiger partial charge in [0.25, 0.3) is 11.8 Å². The van der Waals surface area contributed by atoms with Crippen LogP contribution in [0.1, 0.15) is 37.6 Å². The van der Waals surface area contributed by atoms with E-state index >= 15 is 0 Å². The molecule has 0 spiro atoms. The van der Waals surface area contributed by atoms with Crippen LogP contribution < -0.4 is 15.4 Å². The fraction of sp³-hybridized carbons (Fsp3) is 0.467. The summed E-state index contributed by atoms with van der Waals surface area (Å²) >= 11 is 0. The number of ether oxygens (including phenoxy) is 1. The molecule has 1 aliphatic rings. The number of rotatable bonds is 4. The van der Waals surface area contributed by atoms with Crippen LogP contribution >= 0.6 is 0 Å². The second kappa shape index (κ2) is 5.73. The monoisotopic (exact) mass is 292 g/mol. The van der Waals surface area contributed by atoms with Crippen LogP contribution in [0.5, 0.6) is 5.75 Å². The van der Waals surface area contributed by atoms with Gasteiger partial charge >= 0.3 is 0 Å². The van der Waals surface area contributed by atoms with Crippen LogP contribution in [0.4, 0.5) is 5.69 Å². The minimum absolute atomic E-state index is 0.147. The predicted molar refractivity (Wildman–Crippen MR) is 78.4 cm³/mol. The Labute approximate surface area is 123 Å². The van der Waals surface area contributed by atoms with Crippen molar-refractivity contribution in [3.63, 3.8) is 0 Å². The molecule has 0 saturated heterocycles. The summed E-state index contributed by atoms with van der Waals surface area (Å²) in [6.45, 7) is 5.27. The topological polar surface area (TPSA) is 87.7 Å². The third-order valence-corrected chi connectivity index (χ3v) is 3.57. The molecule has 0 unspecified atom stereocenters. The van der Waals surface area contributed by atoms with Gasteiger partial charge in [0, 0.05) is 6.54 Å². The van der Waals surface area contributed by atoms with Gasteiger partial charge in [-0.05, 0) is 32.4 Å². The quantitative estimate of drug-likeness (QED) is 0.780. The number of hydrogen-bond donors (Lipinski definition) is 3. The summed E-state index contributed by atoms with van der Waals surface area (Å²) < 4.78 is 5.52. The molecule has 6 nitrogen and oxygen atoms in total. The molecule has 1 aromatic carbocycles. The summed E-state index contributed by atoms with van der Waals surface area (Å²) in [5.74, 6) is -0.226. The summed E-state index contributed by atoms with van der Waals surface area (Å²) in [5, 5.41) is 15.3. The Morgan fingerprint density at radius 1 is 1.52 bits per heavy atom. The molecule has 0 fully saturated rings. The largest absolute Gasteiger partial charge is 0.478 e. The maximum Gasteiger partial charge on any atom is 0.265 e. The van der Waals surface area contributed by atoms with Gasteiger partial charge in [-0.15, -0.1) is 0 Å². The van der Waals surface area contributed by atoms with Gasteiger partial charge in [0.2, 0.25) is 0 Å². The molecular formula is C15H20N2O4. The highest BCUT2D eigenvalue weighted by atomic mass is 16.5. The van der Waals surface area contributed by atoms with Crippen LogP contribution in [-0.2, 0) is 4.79 Å². The maximum atomic E-state index is 12.3. The average Bonchev–Trinajstić information content (AvgIpc) is 2.45. The van der Waals surface area contributed by atoms with E-state index in [1.54, 1.807) is 32.0 Å². The van der Waals surface area contributed by atoms with E-state index in [4.69, 9.17) is 4.74 Å². The van der Waals surface area contributed by atoms with E-state index < -0.39 is 11.7 Å². The van der Waals surface area contributed by atoms with Crippen LogP contribution in [0.3, 0.4) is 0 Å².